The van der Waals surface area contributed by atoms with Crippen molar-refractivity contribution in [2.75, 3.05) is 5.32 Å². The normalized spacial score (nSPS) is 11.9. The molecule has 0 aromatic heterocycles. The topological polar surface area (TPSA) is 21.3 Å². The lowest BCUT2D eigenvalue weighted by atomic mass is 10.2. The van der Waals surface area contributed by atoms with Gasteiger partial charge in [-0.2, -0.15) is 0 Å². The van der Waals surface area contributed by atoms with Crippen LogP contribution in [0.2, 0.25) is 0 Å². The number of anilines is 1. The van der Waals surface area contributed by atoms with Crippen molar-refractivity contribution >= 4 is 5.69 Å². The predicted octanol–water partition coefficient (Wildman–Crippen LogP) is 3.30. The number of ether oxygens (including phenoxy) is 1. The zero-order chi connectivity index (χ0) is 12.0. The Morgan fingerprint density at radius 3 is 2.38 bits per heavy atom. The Morgan fingerprint density at radius 1 is 1.31 bits per heavy atom. The van der Waals surface area contributed by atoms with E-state index >= 15 is 0 Å². The molecule has 1 rings (SSSR count). The fourth-order valence-corrected chi connectivity index (χ4v) is 1.36. The summed E-state index contributed by atoms with van der Waals surface area (Å²) in [4.78, 5) is 0. The van der Waals surface area contributed by atoms with Gasteiger partial charge in [0.05, 0.1) is 12.1 Å². The Labute approximate surface area is 98.0 Å². The van der Waals surface area contributed by atoms with E-state index in [1.807, 2.05) is 38.1 Å². The third kappa shape index (κ3) is 3.86. The van der Waals surface area contributed by atoms with Gasteiger partial charge in [-0.1, -0.05) is 12.8 Å². The highest BCUT2D eigenvalue weighted by atomic mass is 16.5. The van der Waals surface area contributed by atoms with Crippen LogP contribution in [0.1, 0.15) is 27.2 Å². The Kier molecular flexibility index (Phi) is 4.72. The van der Waals surface area contributed by atoms with Crippen molar-refractivity contribution in [2.45, 2.75) is 39.3 Å². The highest BCUT2D eigenvalue weighted by Crippen LogP contribution is 2.17. The summed E-state index contributed by atoms with van der Waals surface area (Å²) in [5.74, 6) is 3.59. The fourth-order valence-electron chi connectivity index (χ4n) is 1.36. The molecule has 1 aromatic carbocycles. The minimum atomic E-state index is 0.0943. The van der Waals surface area contributed by atoms with Gasteiger partial charge in [0.25, 0.3) is 0 Å². The van der Waals surface area contributed by atoms with Crippen molar-refractivity contribution in [3.63, 3.8) is 0 Å². The summed E-state index contributed by atoms with van der Waals surface area (Å²) in [7, 11) is 0. The smallest absolute Gasteiger partial charge is 0.119 e. The van der Waals surface area contributed by atoms with Crippen molar-refractivity contribution in [1.29, 1.82) is 0 Å². The second kappa shape index (κ2) is 6.07. The van der Waals surface area contributed by atoms with Gasteiger partial charge in [-0.15, -0.1) is 6.42 Å². The highest BCUT2D eigenvalue weighted by molar-refractivity contribution is 5.48. The van der Waals surface area contributed by atoms with Crippen LogP contribution in [0.25, 0.3) is 0 Å². The first-order valence-corrected chi connectivity index (χ1v) is 5.65. The van der Waals surface area contributed by atoms with Gasteiger partial charge >= 0.3 is 0 Å². The summed E-state index contributed by atoms with van der Waals surface area (Å²) in [5.41, 5.74) is 1.03. The number of nitrogens with one attached hydrogen (secondary N) is 1. The summed E-state index contributed by atoms with van der Waals surface area (Å²) < 4.78 is 5.56. The van der Waals surface area contributed by atoms with Crippen molar-refractivity contribution < 1.29 is 4.74 Å². The van der Waals surface area contributed by atoms with E-state index in [2.05, 4.69) is 18.2 Å². The van der Waals surface area contributed by atoms with E-state index in [0.717, 1.165) is 17.9 Å². The number of benzene rings is 1. The first-order valence-electron chi connectivity index (χ1n) is 5.65. The lowest BCUT2D eigenvalue weighted by Gasteiger charge is -2.13. The van der Waals surface area contributed by atoms with Crippen molar-refractivity contribution in [3.05, 3.63) is 24.3 Å². The van der Waals surface area contributed by atoms with Crippen LogP contribution in [0.4, 0.5) is 5.69 Å². The molecule has 1 N–H and O–H groups in total. The van der Waals surface area contributed by atoms with Crippen LogP contribution in [-0.4, -0.2) is 12.1 Å². The van der Waals surface area contributed by atoms with E-state index in [4.69, 9.17) is 11.2 Å². The average molecular weight is 217 g/mol. The molecule has 86 valence electrons. The predicted molar refractivity (Wildman–Crippen MR) is 68.7 cm³/mol. The summed E-state index contributed by atoms with van der Waals surface area (Å²) in [5, 5.41) is 3.27. The lowest BCUT2D eigenvalue weighted by molar-refractivity contribution is 0.242. The molecule has 0 aliphatic carbocycles. The van der Waals surface area contributed by atoms with Crippen molar-refractivity contribution in [2.24, 2.45) is 0 Å². The molecular weight excluding hydrogens is 198 g/mol. The molecule has 0 spiro atoms. The third-order valence-corrected chi connectivity index (χ3v) is 2.18. The van der Waals surface area contributed by atoms with E-state index in [1.54, 1.807) is 0 Å². The first kappa shape index (κ1) is 12.4. The Bertz CT molecular complexity index is 348. The van der Waals surface area contributed by atoms with Gasteiger partial charge in [-0.3, -0.25) is 0 Å². The molecule has 0 saturated heterocycles. The molecular formula is C14H19NO. The molecule has 1 atom stereocenters. The number of terminal acetylenes is 1. The average Bonchev–Trinajstić information content (AvgIpc) is 2.27. The Balaban J connectivity index is 2.61. The van der Waals surface area contributed by atoms with Crippen LogP contribution in [0, 0.1) is 12.3 Å². The second-order valence-corrected chi connectivity index (χ2v) is 3.96. The molecule has 0 bridgehead atoms. The van der Waals surface area contributed by atoms with Crippen LogP contribution in [0.5, 0.6) is 5.75 Å². The van der Waals surface area contributed by atoms with Crippen LogP contribution < -0.4 is 10.1 Å². The molecule has 0 saturated carbocycles. The summed E-state index contributed by atoms with van der Waals surface area (Å²) in [6.45, 7) is 6.09. The third-order valence-electron chi connectivity index (χ3n) is 2.18. The molecule has 0 aliphatic heterocycles. The largest absolute Gasteiger partial charge is 0.491 e. The summed E-state index contributed by atoms with van der Waals surface area (Å²) in [6, 6.07) is 7.96. The second-order valence-electron chi connectivity index (χ2n) is 3.96. The van der Waals surface area contributed by atoms with E-state index < -0.39 is 0 Å². The van der Waals surface area contributed by atoms with Gasteiger partial charge in [-0.25, -0.2) is 0 Å². The van der Waals surface area contributed by atoms with Crippen LogP contribution >= 0.6 is 0 Å². The summed E-state index contributed by atoms with van der Waals surface area (Å²) >= 11 is 0. The summed E-state index contributed by atoms with van der Waals surface area (Å²) in [6.07, 6.45) is 6.51. The Hall–Kier alpha value is -1.62. The number of hydrogen-bond acceptors (Lipinski definition) is 2. The SMILES string of the molecule is C#CC(CC)Nc1ccc(OC(C)C)cc1. The van der Waals surface area contributed by atoms with Crippen LogP contribution in [0.3, 0.4) is 0 Å². The van der Waals surface area contributed by atoms with E-state index in [9.17, 15) is 0 Å². The van der Waals surface area contributed by atoms with Gasteiger partial charge in [0.1, 0.15) is 5.75 Å². The van der Waals surface area contributed by atoms with E-state index in [-0.39, 0.29) is 12.1 Å². The van der Waals surface area contributed by atoms with Gasteiger partial charge in [0, 0.05) is 5.69 Å². The number of hydrogen-bond donors (Lipinski definition) is 1. The van der Waals surface area contributed by atoms with Crippen LogP contribution in [-0.2, 0) is 0 Å². The maximum absolute atomic E-state index is 5.56. The van der Waals surface area contributed by atoms with E-state index in [0.29, 0.717) is 0 Å². The molecule has 2 nitrogen and oxygen atoms in total. The molecule has 1 unspecified atom stereocenters. The zero-order valence-corrected chi connectivity index (χ0v) is 10.2. The lowest BCUT2D eigenvalue weighted by Crippen LogP contribution is -2.15. The van der Waals surface area contributed by atoms with Crippen molar-refractivity contribution in [1.82, 2.24) is 0 Å². The van der Waals surface area contributed by atoms with Gasteiger partial charge in [-0.05, 0) is 44.5 Å². The molecule has 2 heteroatoms. The monoisotopic (exact) mass is 217 g/mol. The fraction of sp³-hybridized carbons (Fsp3) is 0.429. The zero-order valence-electron chi connectivity index (χ0n) is 10.2. The molecule has 0 aliphatic rings. The molecule has 0 amide bonds. The molecule has 0 radical (unpaired) electrons. The molecule has 16 heavy (non-hydrogen) atoms. The number of rotatable bonds is 5. The molecule has 1 aromatic rings. The maximum atomic E-state index is 5.56. The van der Waals surface area contributed by atoms with Gasteiger partial charge in [0.15, 0.2) is 0 Å². The maximum Gasteiger partial charge on any atom is 0.119 e. The van der Waals surface area contributed by atoms with Gasteiger partial charge in [0.2, 0.25) is 0 Å². The molecule has 0 heterocycles. The first-order chi connectivity index (χ1) is 7.65. The quantitative estimate of drug-likeness (QED) is 0.764. The minimum Gasteiger partial charge on any atom is -0.491 e. The standard InChI is InChI=1S/C14H19NO/c1-5-12(6-2)15-13-7-9-14(10-8-13)16-11(3)4/h1,7-12,15H,6H2,2-4H3. The Morgan fingerprint density at radius 2 is 1.94 bits per heavy atom. The van der Waals surface area contributed by atoms with Gasteiger partial charge < -0.3 is 10.1 Å². The van der Waals surface area contributed by atoms with Crippen molar-refractivity contribution in [3.8, 4) is 18.1 Å². The van der Waals surface area contributed by atoms with Crippen LogP contribution in [0.15, 0.2) is 24.3 Å². The highest BCUT2D eigenvalue weighted by Gasteiger charge is 2.02. The van der Waals surface area contributed by atoms with E-state index in [1.165, 1.54) is 0 Å². The minimum absolute atomic E-state index is 0.0943. The molecule has 0 fully saturated rings.